The number of nitrogens with two attached hydrogens (primary N) is 1. The zero-order valence-electron chi connectivity index (χ0n) is 14.4. The first-order valence-electron chi connectivity index (χ1n) is 7.63. The SMILES string of the molecule is CC(=O)c1c(C)[nH]c(C(=O)[C@H](C)OC(=O)c2ccc(Cl)cc2N)c1C. The zero-order chi connectivity index (χ0) is 18.9. The number of H-pyrrole nitrogens is 1. The van der Waals surface area contributed by atoms with Crippen molar-refractivity contribution in [3.05, 3.63) is 51.3 Å². The first-order valence-corrected chi connectivity index (χ1v) is 8.01. The number of rotatable bonds is 5. The number of ether oxygens (including phenoxy) is 1. The van der Waals surface area contributed by atoms with Gasteiger partial charge in [-0.15, -0.1) is 0 Å². The van der Waals surface area contributed by atoms with Gasteiger partial charge in [-0.25, -0.2) is 4.79 Å². The van der Waals surface area contributed by atoms with E-state index in [1.54, 1.807) is 13.8 Å². The molecular weight excluding hydrogens is 344 g/mol. The third kappa shape index (κ3) is 3.74. The molecule has 25 heavy (non-hydrogen) atoms. The average Bonchev–Trinajstić information content (AvgIpc) is 2.80. The van der Waals surface area contributed by atoms with Crippen LogP contribution in [-0.4, -0.2) is 28.6 Å². The number of carbonyl (C=O) groups excluding carboxylic acids is 3. The summed E-state index contributed by atoms with van der Waals surface area (Å²) in [7, 11) is 0. The lowest BCUT2D eigenvalue weighted by Crippen LogP contribution is -2.25. The summed E-state index contributed by atoms with van der Waals surface area (Å²) in [5.74, 6) is -1.28. The Bertz CT molecular complexity index is 870. The first-order chi connectivity index (χ1) is 11.6. The van der Waals surface area contributed by atoms with Crippen LogP contribution in [0.1, 0.15) is 56.3 Å². The van der Waals surface area contributed by atoms with Crippen molar-refractivity contribution in [1.82, 2.24) is 4.98 Å². The number of halogens is 1. The standard InChI is InChI=1S/C18H19ClN2O4/c1-8-15(10(3)22)9(2)21-16(8)17(23)11(4)25-18(24)13-6-5-12(19)7-14(13)20/h5-7,11,21H,20H2,1-4H3/t11-/m0/s1. The number of aromatic nitrogens is 1. The molecule has 3 N–H and O–H groups in total. The van der Waals surface area contributed by atoms with Crippen LogP contribution in [0.4, 0.5) is 5.69 Å². The van der Waals surface area contributed by atoms with E-state index < -0.39 is 17.9 Å². The second-order valence-corrected chi connectivity index (χ2v) is 6.26. The molecule has 0 aliphatic rings. The minimum absolute atomic E-state index is 0.132. The van der Waals surface area contributed by atoms with Crippen molar-refractivity contribution >= 4 is 34.8 Å². The van der Waals surface area contributed by atoms with Crippen LogP contribution < -0.4 is 5.73 Å². The number of esters is 1. The van der Waals surface area contributed by atoms with Gasteiger partial charge in [0.2, 0.25) is 5.78 Å². The van der Waals surface area contributed by atoms with Crippen LogP contribution in [0.25, 0.3) is 0 Å². The summed E-state index contributed by atoms with van der Waals surface area (Å²) in [6.45, 7) is 6.30. The summed E-state index contributed by atoms with van der Waals surface area (Å²) in [4.78, 5) is 39.4. The van der Waals surface area contributed by atoms with E-state index in [0.29, 0.717) is 21.8 Å². The van der Waals surface area contributed by atoms with Gasteiger partial charge in [0, 0.05) is 22.0 Å². The topological polar surface area (TPSA) is 102 Å². The lowest BCUT2D eigenvalue weighted by molar-refractivity contribution is 0.0318. The number of nitrogens with one attached hydrogen (secondary N) is 1. The van der Waals surface area contributed by atoms with Gasteiger partial charge in [-0.05, 0) is 51.5 Å². The molecule has 1 aromatic carbocycles. The Hall–Kier alpha value is -2.60. The number of aryl methyl sites for hydroxylation is 1. The quantitative estimate of drug-likeness (QED) is 0.481. The molecule has 0 aliphatic heterocycles. The molecule has 0 saturated carbocycles. The van der Waals surface area contributed by atoms with Crippen molar-refractivity contribution in [2.45, 2.75) is 33.8 Å². The van der Waals surface area contributed by atoms with Gasteiger partial charge in [0.25, 0.3) is 0 Å². The minimum Gasteiger partial charge on any atom is -0.451 e. The minimum atomic E-state index is -1.04. The largest absolute Gasteiger partial charge is 0.451 e. The van der Waals surface area contributed by atoms with E-state index >= 15 is 0 Å². The summed E-state index contributed by atoms with van der Waals surface area (Å²) in [6, 6.07) is 4.38. The maximum atomic E-state index is 12.6. The molecule has 2 aromatic rings. The monoisotopic (exact) mass is 362 g/mol. The van der Waals surface area contributed by atoms with E-state index in [-0.39, 0.29) is 22.7 Å². The number of Topliss-reactive ketones (excluding diaryl/α,β-unsaturated/α-hetero) is 2. The second kappa shape index (κ2) is 7.11. The normalized spacial score (nSPS) is 11.9. The fraction of sp³-hybridized carbons (Fsp3) is 0.278. The Labute approximate surface area is 150 Å². The lowest BCUT2D eigenvalue weighted by atomic mass is 10.0. The van der Waals surface area contributed by atoms with E-state index in [4.69, 9.17) is 22.1 Å². The van der Waals surface area contributed by atoms with Gasteiger partial charge in [0.15, 0.2) is 11.9 Å². The van der Waals surface area contributed by atoms with Crippen LogP contribution in [0.15, 0.2) is 18.2 Å². The Morgan fingerprint density at radius 2 is 1.88 bits per heavy atom. The highest BCUT2D eigenvalue weighted by molar-refractivity contribution is 6.31. The van der Waals surface area contributed by atoms with Crippen LogP contribution in [-0.2, 0) is 4.74 Å². The molecular formula is C18H19ClN2O4. The van der Waals surface area contributed by atoms with Crippen LogP contribution in [0.3, 0.4) is 0 Å². The predicted octanol–water partition coefficient (Wildman–Crippen LogP) is 3.50. The van der Waals surface area contributed by atoms with Crippen molar-refractivity contribution in [3.8, 4) is 0 Å². The van der Waals surface area contributed by atoms with Gasteiger partial charge in [0.05, 0.1) is 11.3 Å². The van der Waals surface area contributed by atoms with Gasteiger partial charge >= 0.3 is 5.97 Å². The summed E-state index contributed by atoms with van der Waals surface area (Å²) >= 11 is 5.80. The van der Waals surface area contributed by atoms with Gasteiger partial charge in [-0.2, -0.15) is 0 Å². The number of anilines is 1. The van der Waals surface area contributed by atoms with Crippen LogP contribution in [0.5, 0.6) is 0 Å². The first kappa shape index (κ1) is 18.7. The highest BCUT2D eigenvalue weighted by Gasteiger charge is 2.26. The summed E-state index contributed by atoms with van der Waals surface area (Å²) in [6.07, 6.45) is -1.04. The van der Waals surface area contributed by atoms with Crippen molar-refractivity contribution in [3.63, 3.8) is 0 Å². The van der Waals surface area contributed by atoms with Crippen molar-refractivity contribution in [1.29, 1.82) is 0 Å². The average molecular weight is 363 g/mol. The van der Waals surface area contributed by atoms with Crippen molar-refractivity contribution in [2.24, 2.45) is 0 Å². The van der Waals surface area contributed by atoms with Gasteiger partial charge in [0.1, 0.15) is 0 Å². The van der Waals surface area contributed by atoms with E-state index in [9.17, 15) is 14.4 Å². The molecule has 0 bridgehead atoms. The maximum absolute atomic E-state index is 12.6. The number of aromatic amines is 1. The van der Waals surface area contributed by atoms with E-state index in [2.05, 4.69) is 4.98 Å². The molecule has 7 heteroatoms. The fourth-order valence-corrected chi connectivity index (χ4v) is 2.91. The summed E-state index contributed by atoms with van der Waals surface area (Å²) in [5, 5.41) is 0.396. The molecule has 1 aromatic heterocycles. The highest BCUT2D eigenvalue weighted by Crippen LogP contribution is 2.22. The van der Waals surface area contributed by atoms with Crippen molar-refractivity contribution in [2.75, 3.05) is 5.73 Å². The summed E-state index contributed by atoms with van der Waals surface area (Å²) in [5.41, 5.74) is 7.94. The molecule has 2 rings (SSSR count). The Kier molecular flexibility index (Phi) is 5.33. The molecule has 0 aliphatic carbocycles. The molecule has 1 heterocycles. The lowest BCUT2D eigenvalue weighted by Gasteiger charge is -2.13. The van der Waals surface area contributed by atoms with Gasteiger partial charge in [-0.1, -0.05) is 11.6 Å². The fourth-order valence-electron chi connectivity index (χ4n) is 2.72. The molecule has 0 spiro atoms. The van der Waals surface area contributed by atoms with Crippen LogP contribution >= 0.6 is 11.6 Å². The van der Waals surface area contributed by atoms with Crippen LogP contribution in [0.2, 0.25) is 5.02 Å². The number of ketones is 2. The molecule has 0 saturated heterocycles. The van der Waals surface area contributed by atoms with E-state index in [1.165, 1.54) is 32.0 Å². The number of benzene rings is 1. The van der Waals surface area contributed by atoms with Gasteiger partial charge in [-0.3, -0.25) is 9.59 Å². The highest BCUT2D eigenvalue weighted by atomic mass is 35.5. The number of hydrogen-bond donors (Lipinski definition) is 2. The Morgan fingerprint density at radius 3 is 2.40 bits per heavy atom. The maximum Gasteiger partial charge on any atom is 0.340 e. The Morgan fingerprint density at radius 1 is 1.24 bits per heavy atom. The summed E-state index contributed by atoms with van der Waals surface area (Å²) < 4.78 is 5.22. The van der Waals surface area contributed by atoms with Gasteiger partial charge < -0.3 is 15.5 Å². The number of nitrogen functional groups attached to an aromatic ring is 1. The molecule has 0 fully saturated rings. The molecule has 1 atom stereocenters. The molecule has 132 valence electrons. The Balaban J connectivity index is 2.22. The smallest absolute Gasteiger partial charge is 0.340 e. The molecule has 0 radical (unpaired) electrons. The molecule has 0 unspecified atom stereocenters. The molecule has 6 nitrogen and oxygen atoms in total. The third-order valence-electron chi connectivity index (χ3n) is 3.92. The number of hydrogen-bond acceptors (Lipinski definition) is 5. The molecule has 0 amide bonds. The van der Waals surface area contributed by atoms with Crippen LogP contribution in [0, 0.1) is 13.8 Å². The second-order valence-electron chi connectivity index (χ2n) is 5.82. The van der Waals surface area contributed by atoms with E-state index in [0.717, 1.165) is 0 Å². The van der Waals surface area contributed by atoms with E-state index in [1.807, 2.05) is 0 Å². The zero-order valence-corrected chi connectivity index (χ0v) is 15.2. The third-order valence-corrected chi connectivity index (χ3v) is 4.16. The number of carbonyl (C=O) groups is 3. The predicted molar refractivity (Wildman–Crippen MR) is 95.3 cm³/mol. The van der Waals surface area contributed by atoms with Crippen molar-refractivity contribution < 1.29 is 19.1 Å².